The zero-order chi connectivity index (χ0) is 38.8. The van der Waals surface area contributed by atoms with Crippen LogP contribution in [-0.2, 0) is 0 Å². The third kappa shape index (κ3) is 6.95. The number of rotatable bonds is 8. The molecule has 0 atom stereocenters. The molecule has 3 heterocycles. The lowest BCUT2D eigenvalue weighted by molar-refractivity contribution is 0.455. The number of fused-ring (bicyclic) bond motifs is 2. The van der Waals surface area contributed by atoms with E-state index in [2.05, 4.69) is 41.7 Å². The van der Waals surface area contributed by atoms with Crippen LogP contribution >= 0.6 is 11.8 Å². The van der Waals surface area contributed by atoms with E-state index in [1.54, 1.807) is 11.8 Å². The van der Waals surface area contributed by atoms with E-state index in [4.69, 9.17) is 34.6 Å². The minimum Gasteiger partial charge on any atom is -0.455 e. The van der Waals surface area contributed by atoms with Gasteiger partial charge in [0.1, 0.15) is 11.5 Å². The lowest BCUT2D eigenvalue weighted by Gasteiger charge is -2.21. The first-order valence-corrected chi connectivity index (χ1v) is 19.7. The second-order valence-electron chi connectivity index (χ2n) is 13.6. The van der Waals surface area contributed by atoms with Gasteiger partial charge in [0.25, 0.3) is 0 Å². The lowest BCUT2D eigenvalue weighted by Crippen LogP contribution is -2.03. The van der Waals surface area contributed by atoms with Crippen LogP contribution in [0.25, 0.3) is 79.5 Å². The minimum absolute atomic E-state index is 0.524. The predicted molar refractivity (Wildman–Crippen MR) is 231 cm³/mol. The minimum atomic E-state index is 0.524. The number of hydrogen-bond acceptors (Lipinski definition) is 9. The molecular formula is C49H33N7OS. The molecule has 0 amide bonds. The molecule has 0 fully saturated rings. The highest BCUT2D eigenvalue weighted by Gasteiger charge is 2.23. The fraction of sp³-hybridized carbons (Fsp3) is 0.0204. The summed E-state index contributed by atoms with van der Waals surface area (Å²) < 4.78 is 6.38. The van der Waals surface area contributed by atoms with Crippen molar-refractivity contribution in [1.29, 1.82) is 0 Å². The number of nitrogens with one attached hydrogen (secondary N) is 1. The standard InChI is InChI=1S/C49H33N7OS/c1-50-37-24-27-41-43(30-37)58-42-29-35(23-26-40(42)57-41)38-25-22-36(48-53-44(31-14-6-2-7-15-31)51-45(54-48)32-16-8-3-9-17-32)28-39(38)49-55-46(33-18-10-4-11-19-33)52-47(56-49)34-20-12-5-13-21-34/h2-30,50H,1H3. The van der Waals surface area contributed by atoms with Crippen LogP contribution in [0.1, 0.15) is 0 Å². The molecule has 0 aliphatic carbocycles. The molecule has 8 nitrogen and oxygen atoms in total. The smallest absolute Gasteiger partial charge is 0.164 e. The molecule has 0 saturated carbocycles. The monoisotopic (exact) mass is 767 g/mol. The molecule has 9 aromatic rings. The van der Waals surface area contributed by atoms with Crippen LogP contribution in [0, 0.1) is 0 Å². The van der Waals surface area contributed by atoms with E-state index in [-0.39, 0.29) is 0 Å². The Bertz CT molecular complexity index is 2820. The summed E-state index contributed by atoms with van der Waals surface area (Å²) in [5, 5.41) is 3.24. The number of nitrogens with zero attached hydrogens (tertiary/aromatic N) is 6. The Labute approximate surface area is 339 Å². The molecule has 1 N–H and O–H groups in total. The van der Waals surface area contributed by atoms with Gasteiger partial charge in [-0.15, -0.1) is 0 Å². The van der Waals surface area contributed by atoms with E-state index < -0.39 is 0 Å². The Balaban J connectivity index is 1.18. The van der Waals surface area contributed by atoms with Gasteiger partial charge in [-0.25, -0.2) is 29.9 Å². The van der Waals surface area contributed by atoms with Gasteiger partial charge in [-0.1, -0.05) is 151 Å². The number of anilines is 1. The average Bonchev–Trinajstić information content (AvgIpc) is 3.31. The SMILES string of the molecule is CNc1ccc2c(c1)Sc1cc(-c3ccc(-c4nc(-c5ccccc5)nc(-c5ccccc5)n4)cc3-c3nc(-c4ccccc4)nc(-c4ccccc4)n3)ccc1O2. The van der Waals surface area contributed by atoms with Gasteiger partial charge in [0.15, 0.2) is 34.9 Å². The summed E-state index contributed by atoms with van der Waals surface area (Å²) in [5.41, 5.74) is 8.12. The van der Waals surface area contributed by atoms with E-state index in [1.165, 1.54) is 0 Å². The molecule has 7 aromatic carbocycles. The van der Waals surface area contributed by atoms with E-state index >= 15 is 0 Å². The number of benzene rings is 7. The van der Waals surface area contributed by atoms with Crippen molar-refractivity contribution in [1.82, 2.24) is 29.9 Å². The largest absolute Gasteiger partial charge is 0.455 e. The van der Waals surface area contributed by atoms with E-state index in [0.29, 0.717) is 34.9 Å². The molecular weight excluding hydrogens is 735 g/mol. The molecule has 10 rings (SSSR count). The van der Waals surface area contributed by atoms with E-state index in [9.17, 15) is 0 Å². The zero-order valence-electron chi connectivity index (χ0n) is 31.2. The molecule has 276 valence electrons. The highest BCUT2D eigenvalue weighted by Crippen LogP contribution is 2.49. The van der Waals surface area contributed by atoms with Crippen molar-refractivity contribution in [2.75, 3.05) is 12.4 Å². The second-order valence-corrected chi connectivity index (χ2v) is 14.7. The maximum Gasteiger partial charge on any atom is 0.164 e. The number of ether oxygens (including phenoxy) is 1. The highest BCUT2D eigenvalue weighted by molar-refractivity contribution is 7.99. The van der Waals surface area contributed by atoms with Crippen LogP contribution in [0.4, 0.5) is 5.69 Å². The molecule has 58 heavy (non-hydrogen) atoms. The van der Waals surface area contributed by atoms with Gasteiger partial charge >= 0.3 is 0 Å². The van der Waals surface area contributed by atoms with Crippen molar-refractivity contribution in [3.05, 3.63) is 176 Å². The summed E-state index contributed by atoms with van der Waals surface area (Å²) in [7, 11) is 1.92. The molecule has 0 spiro atoms. The average molecular weight is 768 g/mol. The topological polar surface area (TPSA) is 98.6 Å². The van der Waals surface area contributed by atoms with Gasteiger partial charge in [0.05, 0.1) is 9.79 Å². The maximum absolute atomic E-state index is 6.38. The molecule has 0 saturated heterocycles. The fourth-order valence-corrected chi connectivity index (χ4v) is 7.92. The van der Waals surface area contributed by atoms with Crippen LogP contribution in [0.5, 0.6) is 11.5 Å². The van der Waals surface area contributed by atoms with E-state index in [0.717, 1.165) is 71.5 Å². The summed E-state index contributed by atoms with van der Waals surface area (Å²) in [4.78, 5) is 32.4. The zero-order valence-corrected chi connectivity index (χ0v) is 32.1. The first-order valence-electron chi connectivity index (χ1n) is 18.9. The van der Waals surface area contributed by atoms with Crippen molar-refractivity contribution < 1.29 is 4.74 Å². The summed E-state index contributed by atoms with van der Waals surface area (Å²) in [6.07, 6.45) is 0. The van der Waals surface area contributed by atoms with Crippen LogP contribution in [0.2, 0.25) is 0 Å². The quantitative estimate of drug-likeness (QED) is 0.162. The third-order valence-electron chi connectivity index (χ3n) is 9.84. The Hall–Kier alpha value is -7.49. The van der Waals surface area contributed by atoms with Crippen LogP contribution < -0.4 is 10.1 Å². The first kappa shape index (κ1) is 35.0. The second kappa shape index (κ2) is 15.2. The predicted octanol–water partition coefficient (Wildman–Crippen LogP) is 12.0. The number of hydrogen-bond donors (Lipinski definition) is 1. The maximum atomic E-state index is 6.38. The van der Waals surface area contributed by atoms with Gasteiger partial charge in [-0.2, -0.15) is 0 Å². The number of aromatic nitrogens is 6. The molecule has 0 unspecified atom stereocenters. The fourth-order valence-electron chi connectivity index (χ4n) is 6.89. The van der Waals surface area contributed by atoms with Gasteiger partial charge in [0.2, 0.25) is 0 Å². The third-order valence-corrected chi connectivity index (χ3v) is 10.9. The van der Waals surface area contributed by atoms with Crippen LogP contribution in [0.15, 0.2) is 186 Å². The molecule has 9 heteroatoms. The molecule has 1 aliphatic heterocycles. The highest BCUT2D eigenvalue weighted by atomic mass is 32.2. The van der Waals surface area contributed by atoms with Crippen molar-refractivity contribution >= 4 is 17.4 Å². The summed E-state index contributed by atoms with van der Waals surface area (Å²) in [5.74, 6) is 5.02. The lowest BCUT2D eigenvalue weighted by atomic mass is 9.96. The van der Waals surface area contributed by atoms with Crippen molar-refractivity contribution in [2.45, 2.75) is 9.79 Å². The van der Waals surface area contributed by atoms with E-state index in [1.807, 2.05) is 147 Å². The first-order chi connectivity index (χ1) is 28.6. The van der Waals surface area contributed by atoms with Crippen molar-refractivity contribution in [2.24, 2.45) is 0 Å². The normalized spacial score (nSPS) is 11.6. The van der Waals surface area contributed by atoms with Crippen molar-refractivity contribution in [3.63, 3.8) is 0 Å². The Morgan fingerprint density at radius 1 is 0.362 bits per heavy atom. The molecule has 2 aromatic heterocycles. The van der Waals surface area contributed by atoms with Gasteiger partial charge in [-0.3, -0.25) is 0 Å². The van der Waals surface area contributed by atoms with Gasteiger partial charge in [0, 0.05) is 46.1 Å². The van der Waals surface area contributed by atoms with Crippen LogP contribution in [-0.4, -0.2) is 37.0 Å². The van der Waals surface area contributed by atoms with Crippen molar-refractivity contribution in [3.8, 4) is 91.0 Å². The summed E-state index contributed by atoms with van der Waals surface area (Å²) in [6.45, 7) is 0. The summed E-state index contributed by atoms with van der Waals surface area (Å²) in [6, 6.07) is 58.7. The molecule has 0 radical (unpaired) electrons. The van der Waals surface area contributed by atoms with Crippen LogP contribution in [0.3, 0.4) is 0 Å². The Morgan fingerprint density at radius 2 is 0.776 bits per heavy atom. The molecule has 0 bridgehead atoms. The summed E-state index contributed by atoms with van der Waals surface area (Å²) >= 11 is 1.69. The molecule has 1 aliphatic rings. The van der Waals surface area contributed by atoms with Gasteiger partial charge < -0.3 is 10.1 Å². The Morgan fingerprint density at radius 3 is 1.26 bits per heavy atom. The Kier molecular flexibility index (Phi) is 9.17. The van der Waals surface area contributed by atoms with Gasteiger partial charge in [-0.05, 0) is 47.5 Å².